The second-order valence-corrected chi connectivity index (χ2v) is 10.5. The molecule has 2 aromatic heterocycles. The molecule has 0 radical (unpaired) electrons. The number of thioether (sulfide) groups is 1. The summed E-state index contributed by atoms with van der Waals surface area (Å²) in [6.45, 7) is 0.502. The number of likely N-dealkylation sites (N-methyl/N-ethyl adjacent to an activating group) is 1. The summed E-state index contributed by atoms with van der Waals surface area (Å²) in [7, 11) is 1.79. The van der Waals surface area contributed by atoms with Crippen LogP contribution in [0.3, 0.4) is 0 Å². The molecule has 172 valence electrons. The number of amides is 2. The quantitative estimate of drug-likeness (QED) is 0.559. The molecule has 1 aromatic carbocycles. The predicted octanol–water partition coefficient (Wildman–Crippen LogP) is 3.49. The van der Waals surface area contributed by atoms with Crippen LogP contribution in [0.5, 0.6) is 0 Å². The van der Waals surface area contributed by atoms with Crippen molar-refractivity contribution in [1.82, 2.24) is 14.8 Å². The van der Waals surface area contributed by atoms with Crippen molar-refractivity contribution in [3.05, 3.63) is 83.8 Å². The number of carbonyl (C=O) groups excluding carboxylic acids is 2. The molecule has 3 aliphatic rings. The highest BCUT2D eigenvalue weighted by atomic mass is 32.2. The highest BCUT2D eigenvalue weighted by Gasteiger charge is 2.78. The van der Waals surface area contributed by atoms with Gasteiger partial charge in [-0.2, -0.15) is 0 Å². The van der Waals surface area contributed by atoms with Gasteiger partial charge in [-0.3, -0.25) is 24.4 Å². The Kier molecular flexibility index (Phi) is 4.71. The number of furan rings is 1. The Hall–Kier alpha value is -3.08. The van der Waals surface area contributed by atoms with E-state index in [1.165, 1.54) is 41.1 Å². The van der Waals surface area contributed by atoms with Gasteiger partial charge in [-0.15, -0.1) is 0 Å². The molecule has 2 saturated heterocycles. The molecule has 0 unspecified atom stereocenters. The first-order valence-corrected chi connectivity index (χ1v) is 11.9. The Morgan fingerprint density at radius 1 is 1.26 bits per heavy atom. The van der Waals surface area contributed by atoms with Gasteiger partial charge in [-0.1, -0.05) is 30.0 Å². The predicted molar refractivity (Wildman–Crippen MR) is 128 cm³/mol. The number of pyridine rings is 1. The van der Waals surface area contributed by atoms with E-state index < -0.39 is 22.0 Å². The van der Waals surface area contributed by atoms with E-state index >= 15 is 0 Å². The Morgan fingerprint density at radius 2 is 2.12 bits per heavy atom. The van der Waals surface area contributed by atoms with E-state index in [4.69, 9.17) is 16.6 Å². The van der Waals surface area contributed by atoms with Gasteiger partial charge < -0.3 is 9.73 Å². The number of nitrogens with zero attached hydrogens (tertiary/aromatic N) is 3. The molecule has 0 aliphatic carbocycles. The number of benzene rings is 1. The molecule has 2 fully saturated rings. The second-order valence-electron chi connectivity index (χ2n) is 8.62. The third kappa shape index (κ3) is 2.61. The molecule has 6 rings (SSSR count). The van der Waals surface area contributed by atoms with Crippen molar-refractivity contribution < 1.29 is 18.4 Å². The topological polar surface area (TPSA) is 78.7 Å². The van der Waals surface area contributed by atoms with Crippen molar-refractivity contribution >= 4 is 45.8 Å². The minimum absolute atomic E-state index is 0.145. The number of fused-ring (bicyclic) bond motifs is 3. The van der Waals surface area contributed by atoms with Crippen molar-refractivity contribution in [3.8, 4) is 0 Å². The van der Waals surface area contributed by atoms with Gasteiger partial charge in [0.1, 0.15) is 20.6 Å². The number of rotatable bonds is 3. The van der Waals surface area contributed by atoms with Crippen LogP contribution in [-0.2, 0) is 21.7 Å². The summed E-state index contributed by atoms with van der Waals surface area (Å²) in [5.41, 5.74) is 0.119. The van der Waals surface area contributed by atoms with Crippen molar-refractivity contribution in [2.75, 3.05) is 18.9 Å². The highest BCUT2D eigenvalue weighted by Crippen LogP contribution is 2.65. The summed E-state index contributed by atoms with van der Waals surface area (Å²) >= 11 is 6.90. The number of anilines is 1. The summed E-state index contributed by atoms with van der Waals surface area (Å²) < 4.78 is 19.0. The van der Waals surface area contributed by atoms with Crippen molar-refractivity contribution in [1.29, 1.82) is 0 Å². The first-order valence-electron chi connectivity index (χ1n) is 10.7. The van der Waals surface area contributed by atoms with Crippen molar-refractivity contribution in [2.24, 2.45) is 0 Å². The van der Waals surface area contributed by atoms with E-state index in [0.717, 1.165) is 0 Å². The van der Waals surface area contributed by atoms with E-state index in [2.05, 4.69) is 10.3 Å². The largest absolute Gasteiger partial charge is 0.467 e. The third-order valence-corrected chi connectivity index (χ3v) is 8.92. The van der Waals surface area contributed by atoms with Crippen LogP contribution in [0.25, 0.3) is 0 Å². The average Bonchev–Trinajstić information content (AvgIpc) is 3.56. The Bertz CT molecular complexity index is 1340. The van der Waals surface area contributed by atoms with E-state index in [0.29, 0.717) is 33.6 Å². The second kappa shape index (κ2) is 7.46. The van der Waals surface area contributed by atoms with Crippen LogP contribution in [-0.4, -0.2) is 49.3 Å². The maximum Gasteiger partial charge on any atom is 0.251 e. The summed E-state index contributed by atoms with van der Waals surface area (Å²) in [5.74, 6) is -1.07. The standard InChI is InChI=1S/C24H19FN4O3S2/c1-28-13-17(18-6-2-3-9-26-18)24(21(31)29(22(33)34-24)12-15-5-4-10-32-15)23(28)16-11-14(25)7-8-19(16)27-20(23)30/h2-11,17H,12-13H2,1H3,(H,27,30)/t17-,23+,24-/m1/s1. The minimum atomic E-state index is -1.48. The lowest BCUT2D eigenvalue weighted by Gasteiger charge is -2.41. The molecule has 3 aromatic rings. The van der Waals surface area contributed by atoms with Crippen LogP contribution in [0, 0.1) is 5.82 Å². The van der Waals surface area contributed by atoms with Crippen molar-refractivity contribution in [3.63, 3.8) is 0 Å². The number of thiocarbonyl (C=S) groups is 1. The third-order valence-electron chi connectivity index (χ3n) is 6.98. The normalized spacial score (nSPS) is 28.4. The number of hydrogen-bond acceptors (Lipinski definition) is 7. The van der Waals surface area contributed by atoms with E-state index in [1.54, 1.807) is 31.4 Å². The van der Waals surface area contributed by atoms with Crippen LogP contribution < -0.4 is 5.32 Å². The summed E-state index contributed by atoms with van der Waals surface area (Å²) in [6, 6.07) is 13.2. The van der Waals surface area contributed by atoms with Gasteiger partial charge in [0.15, 0.2) is 5.54 Å². The van der Waals surface area contributed by atoms with E-state index in [9.17, 15) is 14.0 Å². The van der Waals surface area contributed by atoms with Crippen LogP contribution >= 0.6 is 24.0 Å². The fraction of sp³-hybridized carbons (Fsp3) is 0.250. The van der Waals surface area contributed by atoms with Crippen LogP contribution in [0.15, 0.2) is 65.4 Å². The Labute approximate surface area is 204 Å². The summed E-state index contributed by atoms with van der Waals surface area (Å²) in [4.78, 5) is 36.2. The van der Waals surface area contributed by atoms with Gasteiger partial charge in [0.05, 0.1) is 12.8 Å². The SMILES string of the molecule is CN1C[C@H](c2ccccn2)[C@]2(SC(=S)N(Cc3ccco3)C2=O)[C@]12C(=O)Nc1ccc(F)cc12. The highest BCUT2D eigenvalue weighted by molar-refractivity contribution is 8.25. The maximum atomic E-state index is 14.5. The van der Waals surface area contributed by atoms with Crippen LogP contribution in [0.4, 0.5) is 10.1 Å². The number of nitrogens with one attached hydrogen (secondary N) is 1. The molecule has 3 aliphatic heterocycles. The Balaban J connectivity index is 1.60. The smallest absolute Gasteiger partial charge is 0.251 e. The maximum absolute atomic E-state index is 14.5. The molecule has 5 heterocycles. The zero-order valence-electron chi connectivity index (χ0n) is 18.0. The Morgan fingerprint density at radius 3 is 2.85 bits per heavy atom. The fourth-order valence-electron chi connectivity index (χ4n) is 5.63. The molecule has 3 atom stereocenters. The summed E-state index contributed by atoms with van der Waals surface area (Å²) in [5, 5.41) is 2.89. The molecule has 10 heteroatoms. The zero-order chi connectivity index (χ0) is 23.7. The molecular formula is C24H19FN4O3S2. The van der Waals surface area contributed by atoms with Gasteiger partial charge in [0.25, 0.3) is 5.91 Å². The monoisotopic (exact) mass is 494 g/mol. The first-order chi connectivity index (χ1) is 16.4. The molecular weight excluding hydrogens is 475 g/mol. The van der Waals surface area contributed by atoms with Gasteiger partial charge >= 0.3 is 0 Å². The minimum Gasteiger partial charge on any atom is -0.467 e. The number of hydrogen-bond donors (Lipinski definition) is 1. The number of carbonyl (C=O) groups is 2. The fourth-order valence-corrected chi connectivity index (χ4v) is 7.75. The number of likely N-dealkylation sites (tertiary alicyclic amines) is 1. The lowest BCUT2D eigenvalue weighted by molar-refractivity contribution is -0.138. The van der Waals surface area contributed by atoms with Gasteiger partial charge in [0.2, 0.25) is 5.91 Å². The van der Waals surface area contributed by atoms with Gasteiger partial charge in [0, 0.05) is 35.6 Å². The molecule has 7 nitrogen and oxygen atoms in total. The number of aromatic nitrogens is 1. The summed E-state index contributed by atoms with van der Waals surface area (Å²) in [6.07, 6.45) is 3.20. The first kappa shape index (κ1) is 21.5. The molecule has 34 heavy (non-hydrogen) atoms. The van der Waals surface area contributed by atoms with Crippen LogP contribution in [0.2, 0.25) is 0 Å². The van der Waals surface area contributed by atoms with Crippen LogP contribution in [0.1, 0.15) is 22.9 Å². The van der Waals surface area contributed by atoms with E-state index in [-0.39, 0.29) is 18.4 Å². The molecule has 2 amide bonds. The lowest BCUT2D eigenvalue weighted by Crippen LogP contribution is -2.61. The average molecular weight is 495 g/mol. The zero-order valence-corrected chi connectivity index (χ0v) is 19.7. The molecule has 2 spiro atoms. The molecule has 0 bridgehead atoms. The van der Waals surface area contributed by atoms with E-state index in [1.807, 2.05) is 17.0 Å². The lowest BCUT2D eigenvalue weighted by atomic mass is 9.73. The molecule has 1 N–H and O–H groups in total. The molecule has 0 saturated carbocycles. The van der Waals surface area contributed by atoms with Gasteiger partial charge in [-0.25, -0.2) is 4.39 Å². The van der Waals surface area contributed by atoms with Gasteiger partial charge in [-0.05, 0) is 49.5 Å². The van der Waals surface area contributed by atoms with Crippen molar-refractivity contribution in [2.45, 2.75) is 22.7 Å². The number of halogens is 1.